The fourth-order valence-electron chi connectivity index (χ4n) is 1.89. The van der Waals surface area contributed by atoms with Crippen molar-refractivity contribution in [1.29, 1.82) is 0 Å². The topological polar surface area (TPSA) is 70.2 Å². The van der Waals surface area contributed by atoms with E-state index in [-0.39, 0.29) is 18.4 Å². The van der Waals surface area contributed by atoms with Gasteiger partial charge in [-0.2, -0.15) is 0 Å². The molecule has 0 aromatic carbocycles. The van der Waals surface area contributed by atoms with Crippen LogP contribution in [0, 0.1) is 0 Å². The van der Waals surface area contributed by atoms with Gasteiger partial charge in [-0.1, -0.05) is 0 Å². The van der Waals surface area contributed by atoms with Crippen LogP contribution in [0.5, 0.6) is 0 Å². The van der Waals surface area contributed by atoms with E-state index in [1.54, 1.807) is 16.9 Å². The van der Waals surface area contributed by atoms with Gasteiger partial charge in [-0.3, -0.25) is 14.4 Å². The van der Waals surface area contributed by atoms with Crippen LogP contribution in [0.3, 0.4) is 0 Å². The number of hydrogen-bond acceptors (Lipinski definition) is 4. The molecule has 0 spiro atoms. The fraction of sp³-hybridized carbons (Fsp3) is 0.750. The molecule has 7 nitrogen and oxygen atoms in total. The molecule has 0 atom stereocenters. The number of amides is 3. The molecule has 0 aromatic rings. The second kappa shape index (κ2) is 7.73. The van der Waals surface area contributed by atoms with E-state index in [0.29, 0.717) is 39.3 Å². The Bertz CT molecular complexity index is 327. The summed E-state index contributed by atoms with van der Waals surface area (Å²) >= 11 is 0. The van der Waals surface area contributed by atoms with Gasteiger partial charge in [0.25, 0.3) is 0 Å². The molecule has 0 saturated carbocycles. The van der Waals surface area contributed by atoms with Crippen molar-refractivity contribution >= 4 is 18.2 Å². The Kier molecular flexibility index (Phi) is 6.27. The molecule has 0 unspecified atom stereocenters. The Morgan fingerprint density at radius 2 is 1.89 bits per heavy atom. The van der Waals surface area contributed by atoms with Crippen molar-refractivity contribution in [3.63, 3.8) is 0 Å². The molecular weight excluding hydrogens is 250 g/mol. The Morgan fingerprint density at radius 1 is 1.26 bits per heavy atom. The third kappa shape index (κ3) is 4.86. The van der Waals surface area contributed by atoms with Gasteiger partial charge >= 0.3 is 0 Å². The lowest BCUT2D eigenvalue weighted by molar-refractivity contribution is -0.141. The van der Waals surface area contributed by atoms with Crippen molar-refractivity contribution in [2.24, 2.45) is 0 Å². The Hall–Kier alpha value is -1.63. The second-order valence-electron chi connectivity index (χ2n) is 4.46. The van der Waals surface area contributed by atoms with Crippen LogP contribution < -0.4 is 0 Å². The minimum Gasteiger partial charge on any atom is -0.383 e. The van der Waals surface area contributed by atoms with Crippen molar-refractivity contribution in [3.05, 3.63) is 0 Å². The first kappa shape index (κ1) is 15.4. The van der Waals surface area contributed by atoms with Crippen LogP contribution in [0.1, 0.15) is 6.92 Å². The van der Waals surface area contributed by atoms with Gasteiger partial charge in [0, 0.05) is 46.8 Å². The summed E-state index contributed by atoms with van der Waals surface area (Å²) in [7, 11) is 1.55. The number of rotatable bonds is 6. The highest BCUT2D eigenvalue weighted by Gasteiger charge is 2.22. The van der Waals surface area contributed by atoms with Gasteiger partial charge in [-0.15, -0.1) is 0 Å². The Balaban J connectivity index is 2.44. The average molecular weight is 271 g/mol. The van der Waals surface area contributed by atoms with Crippen LogP contribution in [0.15, 0.2) is 0 Å². The summed E-state index contributed by atoms with van der Waals surface area (Å²) in [6.07, 6.45) is 0.794. The summed E-state index contributed by atoms with van der Waals surface area (Å²) in [4.78, 5) is 38.8. The molecule has 0 aliphatic carbocycles. The molecule has 1 aliphatic heterocycles. The van der Waals surface area contributed by atoms with E-state index in [4.69, 9.17) is 4.74 Å². The van der Waals surface area contributed by atoms with E-state index in [1.807, 2.05) is 0 Å². The van der Waals surface area contributed by atoms with Crippen molar-refractivity contribution < 1.29 is 19.1 Å². The number of nitrogens with zero attached hydrogens (tertiary/aromatic N) is 3. The first-order valence-corrected chi connectivity index (χ1v) is 6.30. The Morgan fingerprint density at radius 3 is 2.37 bits per heavy atom. The standard InChI is InChI=1S/C12H21N3O4/c1-11(17)15(7-8-19-2)9-12(18)14-5-3-13(10-16)4-6-14/h10H,3-9H2,1-2H3. The van der Waals surface area contributed by atoms with Crippen LogP contribution in [0.25, 0.3) is 0 Å². The largest absolute Gasteiger partial charge is 0.383 e. The number of carbonyl (C=O) groups excluding carboxylic acids is 3. The first-order chi connectivity index (χ1) is 9.08. The monoisotopic (exact) mass is 271 g/mol. The smallest absolute Gasteiger partial charge is 0.242 e. The van der Waals surface area contributed by atoms with E-state index in [9.17, 15) is 14.4 Å². The van der Waals surface area contributed by atoms with Gasteiger partial charge in [0.05, 0.1) is 13.2 Å². The van der Waals surface area contributed by atoms with Gasteiger partial charge < -0.3 is 19.4 Å². The lowest BCUT2D eigenvalue weighted by Crippen LogP contribution is -2.51. The zero-order valence-electron chi connectivity index (χ0n) is 11.5. The molecule has 0 bridgehead atoms. The van der Waals surface area contributed by atoms with Crippen LogP contribution in [0.4, 0.5) is 0 Å². The number of methoxy groups -OCH3 is 1. The van der Waals surface area contributed by atoms with Crippen LogP contribution in [-0.2, 0) is 19.1 Å². The van der Waals surface area contributed by atoms with Gasteiger partial charge in [0.2, 0.25) is 18.2 Å². The molecule has 7 heteroatoms. The highest BCUT2D eigenvalue weighted by Crippen LogP contribution is 2.02. The zero-order chi connectivity index (χ0) is 14.3. The molecule has 1 aliphatic rings. The Labute approximate surface area is 113 Å². The van der Waals surface area contributed by atoms with Crippen LogP contribution in [0.2, 0.25) is 0 Å². The molecule has 1 fully saturated rings. The molecule has 19 heavy (non-hydrogen) atoms. The fourth-order valence-corrected chi connectivity index (χ4v) is 1.89. The number of piperazine rings is 1. The maximum Gasteiger partial charge on any atom is 0.242 e. The summed E-state index contributed by atoms with van der Waals surface area (Å²) in [5, 5.41) is 0. The maximum absolute atomic E-state index is 12.1. The molecule has 0 radical (unpaired) electrons. The van der Waals surface area contributed by atoms with Gasteiger partial charge in [0.1, 0.15) is 0 Å². The number of ether oxygens (including phenoxy) is 1. The summed E-state index contributed by atoms with van der Waals surface area (Å²) in [5.74, 6) is -0.228. The van der Waals surface area contributed by atoms with E-state index >= 15 is 0 Å². The molecule has 108 valence electrons. The number of carbonyl (C=O) groups is 3. The summed E-state index contributed by atoms with van der Waals surface area (Å²) < 4.78 is 4.91. The van der Waals surface area contributed by atoms with Crippen molar-refractivity contribution in [2.45, 2.75) is 6.92 Å². The predicted octanol–water partition coefficient (Wildman–Crippen LogP) is -1.22. The van der Waals surface area contributed by atoms with Gasteiger partial charge in [-0.25, -0.2) is 0 Å². The van der Waals surface area contributed by atoms with E-state index in [1.165, 1.54) is 11.8 Å². The normalized spacial score (nSPS) is 15.3. The third-order valence-electron chi connectivity index (χ3n) is 3.15. The molecule has 1 heterocycles. The maximum atomic E-state index is 12.1. The van der Waals surface area contributed by atoms with E-state index in [2.05, 4.69) is 0 Å². The quantitative estimate of drug-likeness (QED) is 0.568. The average Bonchev–Trinajstić information content (AvgIpc) is 2.43. The highest BCUT2D eigenvalue weighted by molar-refractivity contribution is 5.84. The molecule has 1 saturated heterocycles. The molecule has 0 N–H and O–H groups in total. The predicted molar refractivity (Wildman–Crippen MR) is 68.3 cm³/mol. The van der Waals surface area contributed by atoms with Gasteiger partial charge in [-0.05, 0) is 0 Å². The summed E-state index contributed by atoms with van der Waals surface area (Å²) in [6, 6.07) is 0. The second-order valence-corrected chi connectivity index (χ2v) is 4.46. The van der Waals surface area contributed by atoms with Gasteiger partial charge in [0.15, 0.2) is 0 Å². The minimum atomic E-state index is -0.142. The third-order valence-corrected chi connectivity index (χ3v) is 3.15. The minimum absolute atomic E-state index is 0.0692. The SMILES string of the molecule is COCCN(CC(=O)N1CCN(C=O)CC1)C(C)=O. The van der Waals surface area contributed by atoms with Crippen molar-refractivity contribution in [3.8, 4) is 0 Å². The molecular formula is C12H21N3O4. The molecule has 1 rings (SSSR count). The molecule has 3 amide bonds. The zero-order valence-corrected chi connectivity index (χ0v) is 11.5. The lowest BCUT2D eigenvalue weighted by atomic mass is 10.3. The summed E-state index contributed by atoms with van der Waals surface area (Å²) in [5.41, 5.74) is 0. The first-order valence-electron chi connectivity index (χ1n) is 6.30. The van der Waals surface area contributed by atoms with Crippen molar-refractivity contribution in [1.82, 2.24) is 14.7 Å². The van der Waals surface area contributed by atoms with Crippen LogP contribution >= 0.6 is 0 Å². The van der Waals surface area contributed by atoms with E-state index < -0.39 is 0 Å². The summed E-state index contributed by atoms with van der Waals surface area (Å²) in [6.45, 7) is 4.46. The molecule has 0 aromatic heterocycles. The lowest BCUT2D eigenvalue weighted by Gasteiger charge is -2.33. The van der Waals surface area contributed by atoms with Crippen LogP contribution in [-0.4, -0.2) is 85.9 Å². The van der Waals surface area contributed by atoms with E-state index in [0.717, 1.165) is 6.41 Å². The number of hydrogen-bond donors (Lipinski definition) is 0. The highest BCUT2D eigenvalue weighted by atomic mass is 16.5. The van der Waals surface area contributed by atoms with Crippen molar-refractivity contribution in [2.75, 3.05) is 53.0 Å².